The lowest BCUT2D eigenvalue weighted by molar-refractivity contribution is -0.124. The Labute approximate surface area is 73.7 Å². The molecule has 0 spiro atoms. The SMILES string of the molecule is CC(C)[C@@H](N)C(=O)NC1CCC1. The Kier molecular flexibility index (Phi) is 3.09. The van der Waals surface area contributed by atoms with Crippen LogP contribution in [0.25, 0.3) is 0 Å². The molecule has 1 atom stereocenters. The van der Waals surface area contributed by atoms with Crippen LogP contribution in [0.3, 0.4) is 0 Å². The lowest BCUT2D eigenvalue weighted by Crippen LogP contribution is -2.49. The summed E-state index contributed by atoms with van der Waals surface area (Å²) in [6.07, 6.45) is 3.48. The number of carbonyl (C=O) groups is 1. The lowest BCUT2D eigenvalue weighted by atomic mass is 9.92. The van der Waals surface area contributed by atoms with E-state index in [0.29, 0.717) is 6.04 Å². The minimum absolute atomic E-state index is 0.00898. The Morgan fingerprint density at radius 2 is 2.08 bits per heavy atom. The van der Waals surface area contributed by atoms with Gasteiger partial charge < -0.3 is 11.1 Å². The normalized spacial score (nSPS) is 20.3. The molecular weight excluding hydrogens is 152 g/mol. The van der Waals surface area contributed by atoms with Gasteiger partial charge in [0.25, 0.3) is 0 Å². The number of hydrogen-bond acceptors (Lipinski definition) is 2. The van der Waals surface area contributed by atoms with Crippen molar-refractivity contribution in [3.8, 4) is 0 Å². The molecule has 70 valence electrons. The van der Waals surface area contributed by atoms with E-state index in [0.717, 1.165) is 12.8 Å². The van der Waals surface area contributed by atoms with Gasteiger partial charge in [0.05, 0.1) is 6.04 Å². The van der Waals surface area contributed by atoms with Gasteiger partial charge in [-0.2, -0.15) is 0 Å². The van der Waals surface area contributed by atoms with Crippen molar-refractivity contribution in [2.75, 3.05) is 0 Å². The van der Waals surface area contributed by atoms with E-state index in [1.807, 2.05) is 13.8 Å². The summed E-state index contributed by atoms with van der Waals surface area (Å²) >= 11 is 0. The Bertz CT molecular complexity index is 164. The molecule has 0 radical (unpaired) electrons. The highest BCUT2D eigenvalue weighted by Crippen LogP contribution is 2.18. The number of nitrogens with one attached hydrogen (secondary N) is 1. The molecule has 0 aromatic rings. The van der Waals surface area contributed by atoms with Crippen LogP contribution >= 0.6 is 0 Å². The Hall–Kier alpha value is -0.570. The monoisotopic (exact) mass is 170 g/mol. The summed E-state index contributed by atoms with van der Waals surface area (Å²) in [4.78, 5) is 11.4. The van der Waals surface area contributed by atoms with Crippen LogP contribution in [0.15, 0.2) is 0 Å². The second-order valence-electron chi connectivity index (χ2n) is 3.91. The maximum Gasteiger partial charge on any atom is 0.237 e. The van der Waals surface area contributed by atoms with Gasteiger partial charge in [0.2, 0.25) is 5.91 Å². The molecule has 1 aliphatic carbocycles. The zero-order chi connectivity index (χ0) is 9.14. The smallest absolute Gasteiger partial charge is 0.237 e. The third kappa shape index (κ3) is 2.21. The average molecular weight is 170 g/mol. The molecule has 0 aliphatic heterocycles. The molecule has 1 rings (SSSR count). The summed E-state index contributed by atoms with van der Waals surface area (Å²) in [6.45, 7) is 3.93. The molecule has 1 fully saturated rings. The van der Waals surface area contributed by atoms with E-state index in [1.165, 1.54) is 6.42 Å². The van der Waals surface area contributed by atoms with Gasteiger partial charge in [0.1, 0.15) is 0 Å². The van der Waals surface area contributed by atoms with E-state index in [9.17, 15) is 4.79 Å². The summed E-state index contributed by atoms with van der Waals surface area (Å²) in [7, 11) is 0. The van der Waals surface area contributed by atoms with Crippen molar-refractivity contribution < 1.29 is 4.79 Å². The first-order chi connectivity index (χ1) is 5.61. The minimum atomic E-state index is -0.342. The molecule has 1 saturated carbocycles. The van der Waals surface area contributed by atoms with E-state index in [4.69, 9.17) is 5.73 Å². The fraction of sp³-hybridized carbons (Fsp3) is 0.889. The van der Waals surface area contributed by atoms with E-state index < -0.39 is 0 Å². The van der Waals surface area contributed by atoms with Gasteiger partial charge in [-0.15, -0.1) is 0 Å². The third-order valence-corrected chi connectivity index (χ3v) is 2.47. The predicted octanol–water partition coefficient (Wildman–Crippen LogP) is 0.638. The fourth-order valence-corrected chi connectivity index (χ4v) is 1.15. The summed E-state index contributed by atoms with van der Waals surface area (Å²) in [5, 5.41) is 2.93. The molecule has 0 unspecified atom stereocenters. The van der Waals surface area contributed by atoms with Crippen LogP contribution in [0.4, 0.5) is 0 Å². The third-order valence-electron chi connectivity index (χ3n) is 2.47. The first kappa shape index (κ1) is 9.52. The van der Waals surface area contributed by atoms with Crippen LogP contribution in [0.1, 0.15) is 33.1 Å². The second-order valence-corrected chi connectivity index (χ2v) is 3.91. The van der Waals surface area contributed by atoms with Crippen LogP contribution in [0, 0.1) is 5.92 Å². The maximum absolute atomic E-state index is 11.4. The van der Waals surface area contributed by atoms with Gasteiger partial charge >= 0.3 is 0 Å². The molecule has 1 aliphatic rings. The molecular formula is C9H18N2O. The number of hydrogen-bond donors (Lipinski definition) is 2. The Balaban J connectivity index is 2.26. The van der Waals surface area contributed by atoms with E-state index >= 15 is 0 Å². The number of nitrogens with two attached hydrogens (primary N) is 1. The minimum Gasteiger partial charge on any atom is -0.352 e. The van der Waals surface area contributed by atoms with Crippen molar-refractivity contribution in [3.63, 3.8) is 0 Å². The van der Waals surface area contributed by atoms with Crippen molar-refractivity contribution in [3.05, 3.63) is 0 Å². The van der Waals surface area contributed by atoms with E-state index in [-0.39, 0.29) is 17.9 Å². The molecule has 0 aromatic heterocycles. The highest BCUT2D eigenvalue weighted by Gasteiger charge is 2.23. The molecule has 12 heavy (non-hydrogen) atoms. The van der Waals surface area contributed by atoms with Crippen molar-refractivity contribution in [1.29, 1.82) is 0 Å². The first-order valence-electron chi connectivity index (χ1n) is 4.67. The lowest BCUT2D eigenvalue weighted by Gasteiger charge is -2.28. The summed E-state index contributed by atoms with van der Waals surface area (Å²) < 4.78 is 0. The summed E-state index contributed by atoms with van der Waals surface area (Å²) in [6, 6.07) is 0.0629. The van der Waals surface area contributed by atoms with Crippen LogP contribution in [-0.2, 0) is 4.79 Å². The molecule has 3 N–H and O–H groups in total. The second kappa shape index (κ2) is 3.90. The fourth-order valence-electron chi connectivity index (χ4n) is 1.15. The molecule has 3 nitrogen and oxygen atoms in total. The Morgan fingerprint density at radius 1 is 1.50 bits per heavy atom. The van der Waals surface area contributed by atoms with Crippen LogP contribution in [-0.4, -0.2) is 18.0 Å². The molecule has 0 aromatic carbocycles. The first-order valence-corrected chi connectivity index (χ1v) is 4.67. The molecule has 0 bridgehead atoms. The summed E-state index contributed by atoms with van der Waals surface area (Å²) in [5.41, 5.74) is 5.68. The number of amides is 1. The largest absolute Gasteiger partial charge is 0.352 e. The van der Waals surface area contributed by atoms with Gasteiger partial charge in [-0.3, -0.25) is 4.79 Å². The zero-order valence-corrected chi connectivity index (χ0v) is 7.84. The number of carbonyl (C=O) groups excluding carboxylic acids is 1. The Morgan fingerprint density at radius 3 is 2.42 bits per heavy atom. The summed E-state index contributed by atoms with van der Waals surface area (Å²) in [5.74, 6) is 0.236. The standard InChI is InChI=1S/C9H18N2O/c1-6(2)8(10)9(12)11-7-4-3-5-7/h6-8H,3-5,10H2,1-2H3,(H,11,12)/t8-/m1/s1. The highest BCUT2D eigenvalue weighted by atomic mass is 16.2. The van der Waals surface area contributed by atoms with Crippen LogP contribution in [0.2, 0.25) is 0 Å². The molecule has 1 amide bonds. The number of rotatable bonds is 3. The van der Waals surface area contributed by atoms with Gasteiger partial charge in [0, 0.05) is 6.04 Å². The zero-order valence-electron chi connectivity index (χ0n) is 7.84. The van der Waals surface area contributed by atoms with E-state index in [2.05, 4.69) is 5.32 Å². The molecule has 3 heteroatoms. The van der Waals surface area contributed by atoms with Gasteiger partial charge in [-0.05, 0) is 25.2 Å². The van der Waals surface area contributed by atoms with Crippen molar-refractivity contribution in [2.24, 2.45) is 11.7 Å². The van der Waals surface area contributed by atoms with Crippen LogP contribution < -0.4 is 11.1 Å². The van der Waals surface area contributed by atoms with Gasteiger partial charge in [0.15, 0.2) is 0 Å². The molecule has 0 heterocycles. The maximum atomic E-state index is 11.4. The van der Waals surface area contributed by atoms with Crippen molar-refractivity contribution in [1.82, 2.24) is 5.32 Å². The quantitative estimate of drug-likeness (QED) is 0.653. The van der Waals surface area contributed by atoms with E-state index in [1.54, 1.807) is 0 Å². The predicted molar refractivity (Wildman–Crippen MR) is 48.6 cm³/mol. The van der Waals surface area contributed by atoms with Gasteiger partial charge in [-0.25, -0.2) is 0 Å². The topological polar surface area (TPSA) is 55.1 Å². The van der Waals surface area contributed by atoms with Crippen LogP contribution in [0.5, 0.6) is 0 Å². The van der Waals surface area contributed by atoms with Crippen molar-refractivity contribution in [2.45, 2.75) is 45.2 Å². The van der Waals surface area contributed by atoms with Gasteiger partial charge in [-0.1, -0.05) is 13.8 Å². The molecule has 0 saturated heterocycles. The highest BCUT2D eigenvalue weighted by molar-refractivity contribution is 5.82. The average Bonchev–Trinajstić information content (AvgIpc) is 1.94. The van der Waals surface area contributed by atoms with Crippen molar-refractivity contribution >= 4 is 5.91 Å².